The van der Waals surface area contributed by atoms with Gasteiger partial charge in [0.25, 0.3) is 0 Å². The van der Waals surface area contributed by atoms with Gasteiger partial charge in [0.2, 0.25) is 0 Å². The molecule has 0 radical (unpaired) electrons. The van der Waals surface area contributed by atoms with Crippen molar-refractivity contribution in [3.63, 3.8) is 0 Å². The van der Waals surface area contributed by atoms with E-state index >= 15 is 0 Å². The highest BCUT2D eigenvalue weighted by Gasteiger charge is 2.89. The molecule has 0 aliphatic heterocycles. The number of aromatic hydroxyl groups is 1. The predicted molar refractivity (Wildman–Crippen MR) is 137 cm³/mol. The molecule has 2 aromatic carbocycles. The molecule has 2 nitrogen and oxygen atoms in total. The standard InChI is InChI=1S/C17H14F25NOS5/c1-17(2,3)9-6-4-5-8(11(9)44)7-43-10-12(45(18,19,20,21)22)14(47(28,29,30,31)32)16(49(38,39,40,41)42)15(48(33,34,35,36)37)13(10)46(23,24,25,26)27/h4-7,44H,1-3H3. The van der Waals surface area contributed by atoms with Gasteiger partial charge in [-0.15, -0.1) is 0 Å². The first kappa shape index (κ1) is 43.1. The van der Waals surface area contributed by atoms with Crippen LogP contribution in [0.1, 0.15) is 31.9 Å². The number of hydrogen-bond donors (Lipinski definition) is 1. The fraction of sp³-hybridized carbons (Fsp3) is 0.235. The maximum Gasteiger partial charge on any atom is 0.313 e. The van der Waals surface area contributed by atoms with Crippen molar-refractivity contribution in [2.75, 3.05) is 0 Å². The number of phenols is 1. The fourth-order valence-corrected chi connectivity index (χ4v) is 12.6. The molecule has 0 amide bonds. The highest BCUT2D eigenvalue weighted by molar-refractivity contribution is 8.51. The van der Waals surface area contributed by atoms with Crippen LogP contribution in [0.25, 0.3) is 0 Å². The molecule has 0 aliphatic rings. The average molecular weight is 884 g/mol. The van der Waals surface area contributed by atoms with Gasteiger partial charge in [0, 0.05) is 11.8 Å². The molecule has 0 spiro atoms. The van der Waals surface area contributed by atoms with Gasteiger partial charge in [-0.1, -0.05) is 130 Å². The molecule has 32 heteroatoms. The monoisotopic (exact) mass is 883 g/mol. The first-order chi connectivity index (χ1) is 19.6. The Kier molecular flexibility index (Phi) is 6.62. The third-order valence-corrected chi connectivity index (χ3v) is 11.8. The van der Waals surface area contributed by atoms with Gasteiger partial charge in [-0.2, -0.15) is 0 Å². The Balaban J connectivity index is 4.05. The molecule has 0 fully saturated rings. The maximum atomic E-state index is 14.0. The highest BCUT2D eigenvalue weighted by atomic mass is 32.5. The number of hydrogen-bond acceptors (Lipinski definition) is 2. The van der Waals surface area contributed by atoms with Crippen LogP contribution in [0.3, 0.4) is 0 Å². The highest BCUT2D eigenvalue weighted by Crippen LogP contribution is 3.19. The number of nitrogens with zero attached hydrogens (tertiary/aromatic N) is 1. The van der Waals surface area contributed by atoms with Gasteiger partial charge in [0.15, 0.2) is 24.5 Å². The molecule has 0 bridgehead atoms. The Morgan fingerprint density at radius 2 is 0.735 bits per heavy atom. The molecule has 49 heavy (non-hydrogen) atoms. The molecule has 0 saturated carbocycles. The van der Waals surface area contributed by atoms with Crippen molar-refractivity contribution in [1.29, 1.82) is 0 Å². The lowest BCUT2D eigenvalue weighted by Gasteiger charge is -2.56. The summed E-state index contributed by atoms with van der Waals surface area (Å²) in [5.74, 6) is -1.65. The van der Waals surface area contributed by atoms with Crippen LogP contribution in [0.15, 0.2) is 47.7 Å². The van der Waals surface area contributed by atoms with E-state index in [0.717, 1.165) is 31.8 Å². The molecular formula is C17H14F25NOS5. The van der Waals surface area contributed by atoms with Crippen LogP contribution in [-0.2, 0) is 5.41 Å². The zero-order valence-corrected chi connectivity index (χ0v) is 26.8. The minimum atomic E-state index is -14.6. The number of benzene rings is 2. The van der Waals surface area contributed by atoms with Crippen molar-refractivity contribution in [2.24, 2.45) is 4.99 Å². The Bertz CT molecular complexity index is 1780. The molecule has 0 saturated heterocycles. The lowest BCUT2D eigenvalue weighted by atomic mass is 9.85. The Morgan fingerprint density at radius 1 is 0.469 bits per heavy atom. The van der Waals surface area contributed by atoms with E-state index in [4.69, 9.17) is 0 Å². The van der Waals surface area contributed by atoms with Crippen molar-refractivity contribution in [3.8, 4) is 5.75 Å². The van der Waals surface area contributed by atoms with Gasteiger partial charge >= 0.3 is 51.1 Å². The van der Waals surface area contributed by atoms with Crippen LogP contribution in [0.2, 0.25) is 0 Å². The summed E-state index contributed by atoms with van der Waals surface area (Å²) in [6.45, 7) is 3.21. The second-order valence-corrected chi connectivity index (χ2v) is 22.8. The van der Waals surface area contributed by atoms with Crippen LogP contribution in [0.4, 0.5) is 103 Å². The van der Waals surface area contributed by atoms with E-state index in [1.54, 1.807) is 0 Å². The molecule has 0 aromatic heterocycles. The van der Waals surface area contributed by atoms with Gasteiger partial charge in [0.1, 0.15) is 11.4 Å². The smallest absolute Gasteiger partial charge is 0.313 e. The second-order valence-electron chi connectivity index (χ2n) is 11.1. The van der Waals surface area contributed by atoms with E-state index in [2.05, 4.69) is 0 Å². The Morgan fingerprint density at radius 3 is 0.980 bits per heavy atom. The van der Waals surface area contributed by atoms with E-state index in [9.17, 15) is 102 Å². The molecule has 0 atom stereocenters. The first-order valence-corrected chi connectivity index (χ1v) is 20.6. The van der Waals surface area contributed by atoms with Crippen molar-refractivity contribution < 1.29 is 102 Å². The minimum absolute atomic E-state index is 0.0484. The minimum Gasteiger partial charge on any atom is -0.507 e. The normalized spacial score (nSPS) is 21.9. The number of halogens is 25. The molecule has 2 rings (SSSR count). The van der Waals surface area contributed by atoms with Gasteiger partial charge in [0.05, 0.1) is 0 Å². The largest absolute Gasteiger partial charge is 0.507 e. The van der Waals surface area contributed by atoms with Crippen molar-refractivity contribution >= 4 is 63.0 Å². The zero-order valence-electron chi connectivity index (χ0n) is 22.7. The predicted octanol–water partition coefficient (Wildman–Crippen LogP) is 17.7. The van der Waals surface area contributed by atoms with Crippen LogP contribution in [0, 0.1) is 0 Å². The molecule has 0 unspecified atom stereocenters. The lowest BCUT2D eigenvalue weighted by Crippen LogP contribution is -2.28. The zero-order chi connectivity index (χ0) is 40.3. The van der Waals surface area contributed by atoms with E-state index in [1.807, 2.05) is 0 Å². The summed E-state index contributed by atoms with van der Waals surface area (Å²) < 4.78 is 348. The van der Waals surface area contributed by atoms with Gasteiger partial charge in [-0.3, -0.25) is 4.99 Å². The lowest BCUT2D eigenvalue weighted by molar-refractivity contribution is 0.297. The average Bonchev–Trinajstić information content (AvgIpc) is 2.61. The topological polar surface area (TPSA) is 32.6 Å². The molecule has 298 valence electrons. The summed E-state index contributed by atoms with van der Waals surface area (Å²) in [5, 5.41) is 10.2. The van der Waals surface area contributed by atoms with Gasteiger partial charge < -0.3 is 5.11 Å². The van der Waals surface area contributed by atoms with Crippen molar-refractivity contribution in [3.05, 3.63) is 29.3 Å². The fourth-order valence-electron chi connectivity index (χ4n) is 3.92. The van der Waals surface area contributed by atoms with Crippen LogP contribution >= 0.6 is 51.1 Å². The molecule has 0 aliphatic carbocycles. The van der Waals surface area contributed by atoms with Crippen LogP contribution in [0.5, 0.6) is 5.75 Å². The van der Waals surface area contributed by atoms with E-state index < -0.39 is 110 Å². The second kappa shape index (κ2) is 7.53. The van der Waals surface area contributed by atoms with Crippen molar-refractivity contribution in [1.82, 2.24) is 0 Å². The van der Waals surface area contributed by atoms with Gasteiger partial charge in [-0.25, -0.2) is 0 Å². The molecular weight excluding hydrogens is 869 g/mol. The summed E-state index contributed by atoms with van der Waals surface area (Å²) in [7, 11) is -71.4. The number of aliphatic imine (C=N–C) groups is 1. The van der Waals surface area contributed by atoms with E-state index in [0.29, 0.717) is 6.07 Å². The molecule has 2 aromatic rings. The first-order valence-electron chi connectivity index (χ1n) is 10.9. The van der Waals surface area contributed by atoms with Crippen LogP contribution < -0.4 is 0 Å². The number of phenolic OH excluding ortho intramolecular Hbond substituents is 1. The molecule has 1 N–H and O–H groups in total. The number of rotatable bonds is 7. The van der Waals surface area contributed by atoms with Gasteiger partial charge in [-0.05, 0) is 17.0 Å². The molecule has 0 heterocycles. The third-order valence-electron chi connectivity index (χ3n) is 5.39. The van der Waals surface area contributed by atoms with E-state index in [-0.39, 0.29) is 6.07 Å². The Hall–Kier alpha value is -2.09. The summed E-state index contributed by atoms with van der Waals surface area (Å²) in [6.07, 6.45) is -1.36. The van der Waals surface area contributed by atoms with Crippen molar-refractivity contribution in [2.45, 2.75) is 50.7 Å². The third kappa shape index (κ3) is 9.43. The number of para-hydroxylation sites is 1. The van der Waals surface area contributed by atoms with E-state index in [1.165, 1.54) is 0 Å². The summed E-state index contributed by atoms with van der Waals surface area (Å²) in [5.41, 5.74) is -9.72. The Labute approximate surface area is 256 Å². The summed E-state index contributed by atoms with van der Waals surface area (Å²) >= 11 is 0. The SMILES string of the molecule is CC(C)(C)c1cccc(C=Nc2c(S(F)(F)(F)(F)F)c(S(F)(F)(F)(F)F)c(S(F)(F)(F)(F)F)c(S(F)(F)(F)(F)F)c2S(F)(F)(F)(F)F)c1O. The quantitative estimate of drug-likeness (QED) is 0.218. The van der Waals surface area contributed by atoms with Crippen LogP contribution in [-0.4, -0.2) is 11.3 Å². The summed E-state index contributed by atoms with van der Waals surface area (Å²) in [6, 6.07) is 1.28. The summed E-state index contributed by atoms with van der Waals surface area (Å²) in [4.78, 5) is -35.7. The maximum absolute atomic E-state index is 14.6.